The van der Waals surface area contributed by atoms with E-state index in [2.05, 4.69) is 15.1 Å². The molecule has 2 aromatic rings. The molecule has 0 saturated carbocycles. The van der Waals surface area contributed by atoms with Crippen molar-refractivity contribution in [2.75, 3.05) is 0 Å². The lowest BCUT2D eigenvalue weighted by atomic mass is 10.1. The number of hydrogen-bond donors (Lipinski definition) is 0. The maximum atomic E-state index is 12.7. The molecule has 0 aliphatic heterocycles. The molecule has 0 saturated heterocycles. The Kier molecular flexibility index (Phi) is 2.83. The van der Waals surface area contributed by atoms with Gasteiger partial charge in [-0.05, 0) is 6.07 Å². The molecular weight excluding hydrogens is 235 g/mol. The molecule has 90 valence electrons. The Morgan fingerprint density at radius 1 is 1.35 bits per heavy atom. The first-order valence-corrected chi connectivity index (χ1v) is 4.86. The molecule has 2 rings (SSSR count). The zero-order chi connectivity index (χ0) is 12.5. The van der Waals surface area contributed by atoms with Crippen LogP contribution in [0.3, 0.4) is 0 Å². The molecule has 2 aromatic heterocycles. The van der Waals surface area contributed by atoms with E-state index in [1.54, 1.807) is 6.92 Å². The monoisotopic (exact) mass is 243 g/mol. The smallest absolute Gasteiger partial charge is 0.334 e. The van der Waals surface area contributed by atoms with Crippen molar-refractivity contribution in [2.24, 2.45) is 0 Å². The minimum Gasteiger partial charge on any atom is -0.334 e. The highest BCUT2D eigenvalue weighted by atomic mass is 19.4. The number of aromatic nitrogens is 3. The van der Waals surface area contributed by atoms with Crippen LogP contribution in [0.15, 0.2) is 23.0 Å². The molecule has 0 atom stereocenters. The van der Waals surface area contributed by atoms with Crippen molar-refractivity contribution < 1.29 is 17.7 Å². The third kappa shape index (κ3) is 2.27. The molecule has 2 heterocycles. The largest absolute Gasteiger partial charge is 0.417 e. The summed E-state index contributed by atoms with van der Waals surface area (Å²) in [6.07, 6.45) is -1.84. The number of alkyl halides is 3. The van der Waals surface area contributed by atoms with Gasteiger partial charge in [-0.2, -0.15) is 18.2 Å². The van der Waals surface area contributed by atoms with Crippen LogP contribution in [0.1, 0.15) is 18.3 Å². The Labute approximate surface area is 94.5 Å². The second kappa shape index (κ2) is 4.15. The fourth-order valence-corrected chi connectivity index (χ4v) is 1.32. The summed E-state index contributed by atoms with van der Waals surface area (Å²) in [6, 6.07) is 0.880. The molecular formula is C10H8F3N3O. The Morgan fingerprint density at radius 2 is 2.12 bits per heavy atom. The van der Waals surface area contributed by atoms with Crippen LogP contribution in [0.4, 0.5) is 13.2 Å². The van der Waals surface area contributed by atoms with Crippen LogP contribution in [-0.4, -0.2) is 15.1 Å². The van der Waals surface area contributed by atoms with Gasteiger partial charge in [0.25, 0.3) is 5.89 Å². The second-order valence-electron chi connectivity index (χ2n) is 3.29. The van der Waals surface area contributed by atoms with Gasteiger partial charge in [-0.1, -0.05) is 12.1 Å². The Bertz CT molecular complexity index is 522. The first kappa shape index (κ1) is 11.6. The summed E-state index contributed by atoms with van der Waals surface area (Å²) >= 11 is 0. The van der Waals surface area contributed by atoms with Crippen molar-refractivity contribution >= 4 is 0 Å². The van der Waals surface area contributed by atoms with E-state index in [4.69, 9.17) is 4.52 Å². The Morgan fingerprint density at radius 3 is 2.71 bits per heavy atom. The molecule has 0 amide bonds. The maximum Gasteiger partial charge on any atom is 0.417 e. The van der Waals surface area contributed by atoms with Gasteiger partial charge in [-0.15, -0.1) is 0 Å². The average Bonchev–Trinajstić information content (AvgIpc) is 2.76. The van der Waals surface area contributed by atoms with E-state index in [-0.39, 0.29) is 11.5 Å². The van der Waals surface area contributed by atoms with Crippen LogP contribution >= 0.6 is 0 Å². The zero-order valence-electron chi connectivity index (χ0n) is 8.82. The van der Waals surface area contributed by atoms with Crippen LogP contribution in [0.25, 0.3) is 11.5 Å². The summed E-state index contributed by atoms with van der Waals surface area (Å²) in [4.78, 5) is 7.50. The highest BCUT2D eigenvalue weighted by Crippen LogP contribution is 2.35. The predicted octanol–water partition coefficient (Wildman–Crippen LogP) is 2.71. The predicted molar refractivity (Wildman–Crippen MR) is 51.9 cm³/mol. The second-order valence-corrected chi connectivity index (χ2v) is 3.29. The van der Waals surface area contributed by atoms with Gasteiger partial charge in [0, 0.05) is 18.8 Å². The van der Waals surface area contributed by atoms with Crippen molar-refractivity contribution in [2.45, 2.75) is 19.5 Å². The minimum absolute atomic E-state index is 0.165. The van der Waals surface area contributed by atoms with Gasteiger partial charge in [-0.25, -0.2) is 0 Å². The fourth-order valence-electron chi connectivity index (χ4n) is 1.32. The minimum atomic E-state index is -4.47. The fraction of sp³-hybridized carbons (Fsp3) is 0.300. The van der Waals surface area contributed by atoms with Crippen molar-refractivity contribution in [1.82, 2.24) is 15.1 Å². The van der Waals surface area contributed by atoms with E-state index in [0.29, 0.717) is 12.2 Å². The molecule has 0 aromatic carbocycles. The van der Waals surface area contributed by atoms with Gasteiger partial charge in [0.05, 0.1) is 11.1 Å². The van der Waals surface area contributed by atoms with Gasteiger partial charge in [-0.3, -0.25) is 4.98 Å². The molecule has 0 aliphatic rings. The van der Waals surface area contributed by atoms with E-state index >= 15 is 0 Å². The molecule has 4 nitrogen and oxygen atoms in total. The summed E-state index contributed by atoms with van der Waals surface area (Å²) in [7, 11) is 0. The van der Waals surface area contributed by atoms with E-state index < -0.39 is 11.7 Å². The molecule has 17 heavy (non-hydrogen) atoms. The normalized spacial score (nSPS) is 11.8. The first-order valence-electron chi connectivity index (χ1n) is 4.86. The number of pyridine rings is 1. The highest BCUT2D eigenvalue weighted by Gasteiger charge is 2.35. The summed E-state index contributed by atoms with van der Waals surface area (Å²) in [6.45, 7) is 1.78. The van der Waals surface area contributed by atoms with Crippen LogP contribution in [0.2, 0.25) is 0 Å². The maximum absolute atomic E-state index is 12.7. The van der Waals surface area contributed by atoms with Crippen LogP contribution in [0, 0.1) is 0 Å². The number of halogens is 3. The lowest BCUT2D eigenvalue weighted by Crippen LogP contribution is -2.07. The Hall–Kier alpha value is -1.92. The molecule has 0 spiro atoms. The third-order valence-electron chi connectivity index (χ3n) is 2.14. The molecule has 0 fully saturated rings. The van der Waals surface area contributed by atoms with Crippen LogP contribution in [-0.2, 0) is 12.6 Å². The summed E-state index contributed by atoms with van der Waals surface area (Å²) in [5, 5.41) is 3.55. The summed E-state index contributed by atoms with van der Waals surface area (Å²) in [5.74, 6) is 0.194. The number of rotatable bonds is 2. The van der Waals surface area contributed by atoms with E-state index in [1.807, 2.05) is 0 Å². The van der Waals surface area contributed by atoms with Crippen molar-refractivity contribution in [1.29, 1.82) is 0 Å². The summed E-state index contributed by atoms with van der Waals surface area (Å²) in [5.41, 5.74) is -1.04. The topological polar surface area (TPSA) is 51.8 Å². The molecule has 0 N–H and O–H groups in total. The lowest BCUT2D eigenvalue weighted by Gasteiger charge is -2.08. The van der Waals surface area contributed by atoms with E-state index in [1.165, 1.54) is 0 Å². The van der Waals surface area contributed by atoms with E-state index in [9.17, 15) is 13.2 Å². The van der Waals surface area contributed by atoms with E-state index in [0.717, 1.165) is 18.5 Å². The highest BCUT2D eigenvalue weighted by molar-refractivity contribution is 5.57. The molecule has 0 radical (unpaired) electrons. The van der Waals surface area contributed by atoms with Crippen molar-refractivity contribution in [3.8, 4) is 11.5 Å². The third-order valence-corrected chi connectivity index (χ3v) is 2.14. The average molecular weight is 243 g/mol. The van der Waals surface area contributed by atoms with Gasteiger partial charge < -0.3 is 4.52 Å². The number of hydrogen-bond acceptors (Lipinski definition) is 4. The van der Waals surface area contributed by atoms with Gasteiger partial charge in [0.15, 0.2) is 5.82 Å². The first-order chi connectivity index (χ1) is 8.02. The standard InChI is InChI=1S/C10H8F3N3O/c1-2-8-15-9(17-16-8)6-5-14-4-3-7(6)10(11,12)13/h3-5H,2H2,1H3. The lowest BCUT2D eigenvalue weighted by molar-refractivity contribution is -0.137. The number of nitrogens with zero attached hydrogens (tertiary/aromatic N) is 3. The molecule has 0 aliphatic carbocycles. The van der Waals surface area contributed by atoms with Crippen LogP contribution in [0.5, 0.6) is 0 Å². The summed E-state index contributed by atoms with van der Waals surface area (Å²) < 4.78 is 42.9. The van der Waals surface area contributed by atoms with Gasteiger partial charge >= 0.3 is 6.18 Å². The quantitative estimate of drug-likeness (QED) is 0.813. The number of aryl methyl sites for hydroxylation is 1. The van der Waals surface area contributed by atoms with Crippen LogP contribution < -0.4 is 0 Å². The SMILES string of the molecule is CCc1noc(-c2cnccc2C(F)(F)F)n1. The van der Waals surface area contributed by atoms with Gasteiger partial charge in [0.1, 0.15) is 0 Å². The molecule has 7 heteroatoms. The van der Waals surface area contributed by atoms with Gasteiger partial charge in [0.2, 0.25) is 0 Å². The van der Waals surface area contributed by atoms with Crippen molar-refractivity contribution in [3.05, 3.63) is 29.8 Å². The van der Waals surface area contributed by atoms with Crippen molar-refractivity contribution in [3.63, 3.8) is 0 Å². The Balaban J connectivity index is 2.52. The zero-order valence-corrected chi connectivity index (χ0v) is 8.82. The molecule has 0 unspecified atom stereocenters. The molecule has 0 bridgehead atoms.